The first kappa shape index (κ1) is 22.3. The standard InChI is InChI=1S/C24H19BrN2O3S2/c1-15-7-5-6-10-19(15)27-24-23(32(29,30)18-13-11-17(25)12-14-18)20(26)22(31-24)21(28)16-8-3-2-4-9-16/h2-14,27H,26H2,1H3. The van der Waals surface area contributed by atoms with Crippen LogP contribution in [0.15, 0.2) is 93.1 Å². The van der Waals surface area contributed by atoms with Crippen LogP contribution in [0.3, 0.4) is 0 Å². The van der Waals surface area contributed by atoms with Gasteiger partial charge in [-0.25, -0.2) is 8.42 Å². The van der Waals surface area contributed by atoms with Crippen LogP contribution < -0.4 is 11.1 Å². The average Bonchev–Trinajstić information content (AvgIpc) is 3.12. The molecule has 5 nitrogen and oxygen atoms in total. The van der Waals surface area contributed by atoms with Crippen molar-refractivity contribution in [3.8, 4) is 0 Å². The van der Waals surface area contributed by atoms with Crippen LogP contribution in [-0.2, 0) is 9.84 Å². The Labute approximate surface area is 199 Å². The SMILES string of the molecule is Cc1ccccc1Nc1sc(C(=O)c2ccccc2)c(N)c1S(=O)(=O)c1ccc(Br)cc1. The molecule has 4 rings (SSSR count). The normalized spacial score (nSPS) is 11.3. The molecule has 0 bridgehead atoms. The fourth-order valence-corrected chi connectivity index (χ4v) is 6.42. The van der Waals surface area contributed by atoms with Gasteiger partial charge in [0.05, 0.1) is 10.6 Å². The summed E-state index contributed by atoms with van der Waals surface area (Å²) in [7, 11) is -4.00. The third-order valence-electron chi connectivity index (χ3n) is 4.93. The Balaban J connectivity index is 1.90. The number of nitrogens with two attached hydrogens (primary N) is 1. The van der Waals surface area contributed by atoms with E-state index in [1.165, 1.54) is 12.1 Å². The second-order valence-electron chi connectivity index (χ2n) is 7.10. The number of ketones is 1. The van der Waals surface area contributed by atoms with Crippen LogP contribution >= 0.6 is 27.3 Å². The lowest BCUT2D eigenvalue weighted by Gasteiger charge is -2.11. The third kappa shape index (κ3) is 4.21. The second kappa shape index (κ2) is 8.90. The number of para-hydroxylation sites is 1. The Morgan fingerprint density at radius 2 is 1.56 bits per heavy atom. The number of carbonyl (C=O) groups excluding carboxylic acids is 1. The van der Waals surface area contributed by atoms with Crippen LogP contribution in [0.5, 0.6) is 0 Å². The van der Waals surface area contributed by atoms with Crippen LogP contribution in [-0.4, -0.2) is 14.2 Å². The number of benzene rings is 3. The maximum atomic E-state index is 13.6. The summed E-state index contributed by atoms with van der Waals surface area (Å²) >= 11 is 4.37. The Morgan fingerprint density at radius 3 is 2.22 bits per heavy atom. The highest BCUT2D eigenvalue weighted by molar-refractivity contribution is 9.10. The van der Waals surface area contributed by atoms with E-state index in [1.807, 2.05) is 37.3 Å². The molecular formula is C24H19BrN2O3S2. The molecule has 3 aromatic carbocycles. The van der Waals surface area contributed by atoms with Crippen LogP contribution in [0.25, 0.3) is 0 Å². The van der Waals surface area contributed by atoms with Gasteiger partial charge in [-0.05, 0) is 42.8 Å². The number of halogens is 1. The van der Waals surface area contributed by atoms with Crippen LogP contribution in [0.2, 0.25) is 0 Å². The Hall–Kier alpha value is -2.94. The zero-order chi connectivity index (χ0) is 22.9. The summed E-state index contributed by atoms with van der Waals surface area (Å²) in [4.78, 5) is 13.3. The molecule has 0 unspecified atom stereocenters. The summed E-state index contributed by atoms with van der Waals surface area (Å²) in [6, 6.07) is 22.5. The second-order valence-corrected chi connectivity index (χ2v) is 10.9. The molecule has 8 heteroatoms. The van der Waals surface area contributed by atoms with E-state index < -0.39 is 9.84 Å². The minimum absolute atomic E-state index is 0.0529. The van der Waals surface area contributed by atoms with Crippen molar-refractivity contribution >= 4 is 59.3 Å². The molecule has 0 saturated heterocycles. The first-order valence-corrected chi connectivity index (χ1v) is 12.7. The third-order valence-corrected chi connectivity index (χ3v) is 8.56. The largest absolute Gasteiger partial charge is 0.396 e. The van der Waals surface area contributed by atoms with E-state index in [0.29, 0.717) is 10.6 Å². The van der Waals surface area contributed by atoms with Crippen molar-refractivity contribution in [1.29, 1.82) is 0 Å². The van der Waals surface area contributed by atoms with Crippen LogP contribution in [0.4, 0.5) is 16.4 Å². The summed E-state index contributed by atoms with van der Waals surface area (Å²) < 4.78 is 27.9. The number of nitrogens with one attached hydrogen (secondary N) is 1. The van der Waals surface area contributed by atoms with E-state index in [-0.39, 0.29) is 26.1 Å². The lowest BCUT2D eigenvalue weighted by Crippen LogP contribution is -2.08. The number of hydrogen-bond donors (Lipinski definition) is 2. The topological polar surface area (TPSA) is 89.3 Å². The predicted molar refractivity (Wildman–Crippen MR) is 133 cm³/mol. The highest BCUT2D eigenvalue weighted by Crippen LogP contribution is 2.44. The highest BCUT2D eigenvalue weighted by Gasteiger charge is 2.31. The van der Waals surface area contributed by atoms with Gasteiger partial charge in [0.25, 0.3) is 0 Å². The predicted octanol–water partition coefficient (Wildman–Crippen LogP) is 6.21. The summed E-state index contributed by atoms with van der Waals surface area (Å²) in [6.45, 7) is 1.91. The van der Waals surface area contributed by atoms with Gasteiger partial charge in [-0.2, -0.15) is 0 Å². The molecular weight excluding hydrogens is 508 g/mol. The van der Waals surface area contributed by atoms with Crippen LogP contribution in [0.1, 0.15) is 20.8 Å². The van der Waals surface area contributed by atoms with E-state index in [0.717, 1.165) is 27.1 Å². The summed E-state index contributed by atoms with van der Waals surface area (Å²) in [5.74, 6) is -0.321. The van der Waals surface area contributed by atoms with Gasteiger partial charge in [0, 0.05) is 15.7 Å². The molecule has 0 fully saturated rings. The van der Waals surface area contributed by atoms with E-state index >= 15 is 0 Å². The van der Waals surface area contributed by atoms with Crippen molar-refractivity contribution in [2.75, 3.05) is 11.1 Å². The molecule has 0 aliphatic rings. The number of rotatable bonds is 6. The smallest absolute Gasteiger partial charge is 0.211 e. The van der Waals surface area contributed by atoms with E-state index in [4.69, 9.17) is 5.73 Å². The van der Waals surface area contributed by atoms with Crippen molar-refractivity contribution in [2.45, 2.75) is 16.7 Å². The molecule has 0 aliphatic heterocycles. The van der Waals surface area contributed by atoms with Gasteiger partial charge in [0.1, 0.15) is 14.8 Å². The molecule has 0 saturated carbocycles. The van der Waals surface area contributed by atoms with Crippen molar-refractivity contribution in [2.24, 2.45) is 0 Å². The number of hydrogen-bond acceptors (Lipinski definition) is 6. The molecule has 0 radical (unpaired) electrons. The first-order chi connectivity index (χ1) is 15.3. The molecule has 0 aliphatic carbocycles. The molecule has 0 atom stereocenters. The highest BCUT2D eigenvalue weighted by atomic mass is 79.9. The lowest BCUT2D eigenvalue weighted by atomic mass is 10.1. The van der Waals surface area contributed by atoms with Gasteiger partial charge in [-0.15, -0.1) is 11.3 Å². The fraction of sp³-hybridized carbons (Fsp3) is 0.0417. The number of thiophene rings is 1. The van der Waals surface area contributed by atoms with Gasteiger partial charge in [-0.1, -0.05) is 64.5 Å². The molecule has 1 heterocycles. The number of nitrogen functional groups attached to an aromatic ring is 1. The molecule has 0 spiro atoms. The average molecular weight is 527 g/mol. The van der Waals surface area contributed by atoms with Gasteiger partial charge >= 0.3 is 0 Å². The molecule has 4 aromatic rings. The van der Waals surface area contributed by atoms with Crippen LogP contribution in [0, 0.1) is 6.92 Å². The molecule has 162 valence electrons. The zero-order valence-electron chi connectivity index (χ0n) is 17.0. The molecule has 3 N–H and O–H groups in total. The van der Waals surface area contributed by atoms with Crippen molar-refractivity contribution in [1.82, 2.24) is 0 Å². The molecule has 32 heavy (non-hydrogen) atoms. The van der Waals surface area contributed by atoms with Crippen molar-refractivity contribution in [3.63, 3.8) is 0 Å². The van der Waals surface area contributed by atoms with Crippen molar-refractivity contribution < 1.29 is 13.2 Å². The summed E-state index contributed by atoms with van der Waals surface area (Å²) in [5, 5.41) is 3.50. The minimum atomic E-state index is -4.00. The van der Waals surface area contributed by atoms with E-state index in [9.17, 15) is 13.2 Å². The van der Waals surface area contributed by atoms with Gasteiger partial charge in [0.2, 0.25) is 15.6 Å². The maximum Gasteiger partial charge on any atom is 0.211 e. The van der Waals surface area contributed by atoms with E-state index in [2.05, 4.69) is 21.2 Å². The number of carbonyl (C=O) groups is 1. The zero-order valence-corrected chi connectivity index (χ0v) is 20.2. The monoisotopic (exact) mass is 526 g/mol. The minimum Gasteiger partial charge on any atom is -0.396 e. The number of sulfone groups is 1. The van der Waals surface area contributed by atoms with E-state index in [1.54, 1.807) is 36.4 Å². The summed E-state index contributed by atoms with van der Waals surface area (Å²) in [5.41, 5.74) is 8.40. The Bertz CT molecular complexity index is 1400. The number of aryl methyl sites for hydroxylation is 1. The van der Waals surface area contributed by atoms with Gasteiger partial charge in [-0.3, -0.25) is 4.79 Å². The van der Waals surface area contributed by atoms with Crippen molar-refractivity contribution in [3.05, 3.63) is 99.3 Å². The molecule has 1 aromatic heterocycles. The van der Waals surface area contributed by atoms with Gasteiger partial charge < -0.3 is 11.1 Å². The maximum absolute atomic E-state index is 13.6. The first-order valence-electron chi connectivity index (χ1n) is 9.64. The lowest BCUT2D eigenvalue weighted by molar-refractivity contribution is 0.104. The quantitative estimate of drug-likeness (QED) is 0.291. The molecule has 0 amide bonds. The Kier molecular flexibility index (Phi) is 6.19. The number of anilines is 3. The summed E-state index contributed by atoms with van der Waals surface area (Å²) in [6.07, 6.45) is 0. The Morgan fingerprint density at radius 1 is 0.938 bits per heavy atom. The van der Waals surface area contributed by atoms with Gasteiger partial charge in [0.15, 0.2) is 0 Å². The fourth-order valence-electron chi connectivity index (χ4n) is 3.23.